The molecule has 0 radical (unpaired) electrons. The van der Waals surface area contributed by atoms with Gasteiger partial charge in [0.15, 0.2) is 16.6 Å². The topological polar surface area (TPSA) is 31.0 Å². The van der Waals surface area contributed by atoms with Crippen molar-refractivity contribution in [1.82, 2.24) is 0 Å². The number of ether oxygens (including phenoxy) is 1. The molecule has 1 aliphatic heterocycles. The highest BCUT2D eigenvalue weighted by atomic mass is 28.4. The quantitative estimate of drug-likeness (QED) is 0.253. The first kappa shape index (κ1) is 28.8. The van der Waals surface area contributed by atoms with Gasteiger partial charge in [0.2, 0.25) is 0 Å². The van der Waals surface area contributed by atoms with Gasteiger partial charge in [0.25, 0.3) is 0 Å². The minimum absolute atomic E-state index is 0.143. The number of rotatable bonds is 5. The van der Waals surface area contributed by atoms with Gasteiger partial charge < -0.3 is 13.6 Å². The van der Waals surface area contributed by atoms with E-state index in [4.69, 9.17) is 13.6 Å². The molecule has 0 aromatic heterocycles. The van der Waals surface area contributed by atoms with Crippen molar-refractivity contribution in [3.8, 4) is 0 Å². The fraction of sp³-hybridized carbons (Fsp3) is 1.00. The van der Waals surface area contributed by atoms with Crippen molar-refractivity contribution in [2.24, 2.45) is 29.1 Å². The summed E-state index contributed by atoms with van der Waals surface area (Å²) in [6, 6.07) is 0. The zero-order valence-corrected chi connectivity index (χ0v) is 28.6. The van der Waals surface area contributed by atoms with Crippen molar-refractivity contribution < 1.29 is 13.6 Å². The molecule has 1 saturated heterocycles. The Morgan fingerprint density at radius 1 is 0.784 bits per heavy atom. The van der Waals surface area contributed by atoms with Crippen LogP contribution in [-0.2, 0) is 13.6 Å². The zero-order chi connectivity index (χ0) is 27.4. The lowest BCUT2D eigenvalue weighted by Gasteiger charge is -2.55. The molecule has 1 heterocycles. The van der Waals surface area contributed by atoms with Crippen LogP contribution in [0.5, 0.6) is 0 Å². The van der Waals surface area contributed by atoms with E-state index in [9.17, 15) is 0 Å². The molecular formula is C32H60O3Si2. The summed E-state index contributed by atoms with van der Waals surface area (Å²) >= 11 is 0. The third-order valence-corrected chi connectivity index (χ3v) is 22.7. The second-order valence-corrected chi connectivity index (χ2v) is 27.0. The monoisotopic (exact) mass is 548 g/mol. The van der Waals surface area contributed by atoms with Crippen molar-refractivity contribution in [1.29, 1.82) is 0 Å². The lowest BCUT2D eigenvalue weighted by atomic mass is 9.49. The highest BCUT2D eigenvalue weighted by Crippen LogP contribution is 2.74. The molecule has 0 aromatic carbocycles. The molecule has 0 bridgehead atoms. The lowest BCUT2D eigenvalue weighted by molar-refractivity contribution is -0.0604. The molecule has 0 amide bonds. The first-order valence-corrected chi connectivity index (χ1v) is 21.7. The van der Waals surface area contributed by atoms with Crippen molar-refractivity contribution in [2.75, 3.05) is 0 Å². The van der Waals surface area contributed by atoms with Crippen LogP contribution in [0.2, 0.25) is 36.3 Å². The molecule has 0 aromatic rings. The molecule has 37 heavy (non-hydrogen) atoms. The second kappa shape index (κ2) is 8.66. The van der Waals surface area contributed by atoms with Crippen molar-refractivity contribution in [3.63, 3.8) is 0 Å². The highest BCUT2D eigenvalue weighted by Gasteiger charge is 2.78. The van der Waals surface area contributed by atoms with Crippen LogP contribution in [0, 0.1) is 29.1 Å². The largest absolute Gasteiger partial charge is 0.414 e. The van der Waals surface area contributed by atoms with Gasteiger partial charge in [0.05, 0.1) is 0 Å². The number of epoxide rings is 1. The molecule has 4 aliphatic carbocycles. The molecule has 0 unspecified atom stereocenters. The molecule has 5 rings (SSSR count). The van der Waals surface area contributed by atoms with Gasteiger partial charge in [-0.05, 0) is 124 Å². The third-order valence-electron chi connectivity index (χ3n) is 13.6. The first-order valence-electron chi connectivity index (χ1n) is 15.8. The Balaban J connectivity index is 1.28. The predicted octanol–water partition coefficient (Wildman–Crippen LogP) is 9.33. The van der Waals surface area contributed by atoms with Crippen LogP contribution >= 0.6 is 0 Å². The fourth-order valence-corrected chi connectivity index (χ4v) is 12.4. The van der Waals surface area contributed by atoms with E-state index in [0.717, 1.165) is 24.2 Å². The van der Waals surface area contributed by atoms with Crippen molar-refractivity contribution in [3.05, 3.63) is 0 Å². The van der Waals surface area contributed by atoms with E-state index in [2.05, 4.69) is 81.6 Å². The Labute approximate surface area is 231 Å². The summed E-state index contributed by atoms with van der Waals surface area (Å²) in [4.78, 5) is 0. The fourth-order valence-electron chi connectivity index (χ4n) is 9.52. The summed E-state index contributed by atoms with van der Waals surface area (Å²) in [5.74, 6) is 3.21. The SMILES string of the molecule is C[C@H](O[Si](C)(C)C(C)(C)C)[C@H]1CC[C@H]2[C@@H]3CC[C@@]45C[C@@H](O[Si](C)(C)C(C)(C)C)CC[C@@]4(O5)[C@H]3CC[C@]12C. The maximum absolute atomic E-state index is 7.03. The number of hydrogen-bond donors (Lipinski definition) is 0. The molecule has 5 heteroatoms. The van der Waals surface area contributed by atoms with Crippen molar-refractivity contribution >= 4 is 16.6 Å². The Morgan fingerprint density at radius 3 is 2.05 bits per heavy atom. The predicted molar refractivity (Wildman–Crippen MR) is 160 cm³/mol. The standard InChI is InChI=1S/C32H60O3Si2/c1-22(33-36(9,10)28(2,3)4)25-13-14-26-24-16-19-31-21-23(34-37(11,12)29(5,6)7)15-20-32(31,35-31)27(24)17-18-30(25,26)8/h22-27H,13-21H2,1-12H3/t22-,23-,24-,25+,26-,27-,30+,31+,32+/m0/s1. The van der Waals surface area contributed by atoms with Crippen LogP contribution in [0.1, 0.15) is 113 Å². The summed E-state index contributed by atoms with van der Waals surface area (Å²) in [5.41, 5.74) is 0.771. The number of fused-ring (bicyclic) bond motifs is 3. The van der Waals surface area contributed by atoms with Gasteiger partial charge in [-0.25, -0.2) is 0 Å². The highest BCUT2D eigenvalue weighted by molar-refractivity contribution is 6.74. The Morgan fingerprint density at radius 2 is 1.43 bits per heavy atom. The molecule has 0 N–H and O–H groups in total. The van der Waals surface area contributed by atoms with Crippen LogP contribution in [0.3, 0.4) is 0 Å². The molecular weight excluding hydrogens is 489 g/mol. The van der Waals surface area contributed by atoms with E-state index in [1.165, 1.54) is 51.4 Å². The Hall–Kier alpha value is 0.314. The van der Waals surface area contributed by atoms with Gasteiger partial charge in [0.1, 0.15) is 11.2 Å². The van der Waals surface area contributed by atoms with Crippen LogP contribution in [-0.4, -0.2) is 40.0 Å². The lowest BCUT2D eigenvalue weighted by Crippen LogP contribution is -2.55. The van der Waals surface area contributed by atoms with E-state index >= 15 is 0 Å². The first-order chi connectivity index (χ1) is 16.8. The smallest absolute Gasteiger partial charge is 0.192 e. The molecule has 5 fully saturated rings. The summed E-state index contributed by atoms with van der Waals surface area (Å²) in [6.07, 6.45) is 12.6. The van der Waals surface area contributed by atoms with Gasteiger partial charge in [0, 0.05) is 18.6 Å². The summed E-state index contributed by atoms with van der Waals surface area (Å²) in [5, 5.41) is 0.555. The van der Waals surface area contributed by atoms with E-state index < -0.39 is 16.6 Å². The Bertz CT molecular complexity index is 887. The van der Waals surface area contributed by atoms with Crippen LogP contribution in [0.4, 0.5) is 0 Å². The van der Waals surface area contributed by atoms with E-state index in [1.54, 1.807) is 0 Å². The normalized spacial score (nSPS) is 44.9. The van der Waals surface area contributed by atoms with E-state index in [1.807, 2.05) is 0 Å². The minimum Gasteiger partial charge on any atom is -0.414 e. The maximum Gasteiger partial charge on any atom is 0.192 e. The molecule has 3 nitrogen and oxygen atoms in total. The van der Waals surface area contributed by atoms with E-state index in [-0.39, 0.29) is 21.3 Å². The molecule has 5 aliphatic rings. The van der Waals surface area contributed by atoms with Gasteiger partial charge >= 0.3 is 0 Å². The van der Waals surface area contributed by atoms with Gasteiger partial charge in [-0.3, -0.25) is 0 Å². The maximum atomic E-state index is 7.03. The average Bonchev–Trinajstić information content (AvgIpc) is 3.30. The van der Waals surface area contributed by atoms with Crippen LogP contribution < -0.4 is 0 Å². The molecule has 9 atom stereocenters. The average molecular weight is 549 g/mol. The summed E-state index contributed by atoms with van der Waals surface area (Å²) in [6.45, 7) is 29.0. The van der Waals surface area contributed by atoms with E-state index in [0.29, 0.717) is 23.5 Å². The summed E-state index contributed by atoms with van der Waals surface area (Å²) in [7, 11) is -3.49. The van der Waals surface area contributed by atoms with Crippen LogP contribution in [0.25, 0.3) is 0 Å². The third kappa shape index (κ3) is 4.34. The van der Waals surface area contributed by atoms with Gasteiger partial charge in [-0.15, -0.1) is 0 Å². The van der Waals surface area contributed by atoms with Crippen molar-refractivity contribution in [2.45, 2.75) is 173 Å². The molecule has 214 valence electrons. The second-order valence-electron chi connectivity index (χ2n) is 17.5. The number of hydrogen-bond acceptors (Lipinski definition) is 3. The molecule has 0 spiro atoms. The minimum atomic E-state index is -1.75. The summed E-state index contributed by atoms with van der Waals surface area (Å²) < 4.78 is 21.0. The zero-order valence-electron chi connectivity index (χ0n) is 26.6. The van der Waals surface area contributed by atoms with Crippen LogP contribution in [0.15, 0.2) is 0 Å². The Kier molecular flexibility index (Phi) is 6.75. The molecule has 4 saturated carbocycles. The van der Waals surface area contributed by atoms with Gasteiger partial charge in [-0.2, -0.15) is 0 Å². The van der Waals surface area contributed by atoms with Gasteiger partial charge in [-0.1, -0.05) is 48.5 Å².